The predicted molar refractivity (Wildman–Crippen MR) is 172 cm³/mol. The molecule has 0 bridgehead atoms. The Morgan fingerprint density at radius 3 is 2.20 bits per heavy atom. The Morgan fingerprint density at radius 2 is 1.29 bits per heavy atom. The van der Waals surface area contributed by atoms with Crippen molar-refractivity contribution in [2.75, 3.05) is 0 Å². The van der Waals surface area contributed by atoms with E-state index in [4.69, 9.17) is 4.98 Å². The monoisotopic (exact) mass is 541 g/mol. The molecule has 0 radical (unpaired) electrons. The molecule has 0 saturated heterocycles. The van der Waals surface area contributed by atoms with E-state index >= 15 is 0 Å². The highest BCUT2D eigenvalue weighted by Crippen LogP contribution is 2.44. The fraction of sp³-hybridized carbons (Fsp3) is 0. The lowest BCUT2D eigenvalue weighted by Crippen LogP contribution is -2.16. The largest absolute Gasteiger partial charge is 0.277 e. The van der Waals surface area contributed by atoms with Crippen LogP contribution in [-0.2, 0) is 0 Å². The highest BCUT2D eigenvalue weighted by atomic mass is 32.1. The van der Waals surface area contributed by atoms with E-state index in [2.05, 4.69) is 83.4 Å². The minimum absolute atomic E-state index is 0.0453. The molecule has 10 aromatic rings. The number of para-hydroxylation sites is 1. The molecule has 6 aromatic carbocycles. The Balaban J connectivity index is 1.51. The summed E-state index contributed by atoms with van der Waals surface area (Å²) in [5, 5.41) is 9.90. The Hall–Kier alpha value is -5.26. The molecule has 41 heavy (non-hydrogen) atoms. The van der Waals surface area contributed by atoms with E-state index < -0.39 is 0 Å². The van der Waals surface area contributed by atoms with Crippen LogP contribution in [0, 0.1) is 0 Å². The number of aromatic nitrogens is 3. The Kier molecular flexibility index (Phi) is 3.93. The van der Waals surface area contributed by atoms with Crippen LogP contribution in [0.25, 0.3) is 85.9 Å². The zero-order chi connectivity index (χ0) is 26.8. The van der Waals surface area contributed by atoms with Gasteiger partial charge in [-0.3, -0.25) is 9.36 Å². The first-order chi connectivity index (χ1) is 20.3. The Morgan fingerprint density at radius 1 is 0.561 bits per heavy atom. The highest BCUT2D eigenvalue weighted by molar-refractivity contribution is 7.26. The maximum Gasteiger partial charge on any atom is 0.265 e. The van der Waals surface area contributed by atoms with Gasteiger partial charge in [0.2, 0.25) is 5.95 Å². The van der Waals surface area contributed by atoms with Crippen LogP contribution < -0.4 is 5.56 Å². The van der Waals surface area contributed by atoms with E-state index in [-0.39, 0.29) is 5.56 Å². The van der Waals surface area contributed by atoms with Gasteiger partial charge in [0.1, 0.15) is 0 Å². The van der Waals surface area contributed by atoms with Crippen molar-refractivity contribution in [3.8, 4) is 5.95 Å². The van der Waals surface area contributed by atoms with Gasteiger partial charge in [0, 0.05) is 37.0 Å². The average Bonchev–Trinajstić information content (AvgIpc) is 3.69. The maximum absolute atomic E-state index is 14.3. The van der Waals surface area contributed by atoms with Gasteiger partial charge >= 0.3 is 0 Å². The Bertz CT molecular complexity index is 2780. The zero-order valence-electron chi connectivity index (χ0n) is 21.6. The first-order valence-corrected chi connectivity index (χ1v) is 14.5. The van der Waals surface area contributed by atoms with E-state index in [0.717, 1.165) is 32.8 Å². The van der Waals surface area contributed by atoms with Crippen molar-refractivity contribution in [1.29, 1.82) is 0 Å². The molecule has 10 rings (SSSR count). The van der Waals surface area contributed by atoms with Crippen LogP contribution in [0.3, 0.4) is 0 Å². The summed E-state index contributed by atoms with van der Waals surface area (Å²) < 4.78 is 6.53. The quantitative estimate of drug-likeness (QED) is 0.195. The molecular weight excluding hydrogens is 522 g/mol. The van der Waals surface area contributed by atoms with E-state index in [1.807, 2.05) is 40.8 Å². The number of benzene rings is 6. The molecule has 0 spiro atoms. The van der Waals surface area contributed by atoms with E-state index in [0.29, 0.717) is 11.3 Å². The summed E-state index contributed by atoms with van der Waals surface area (Å²) in [6.45, 7) is 0. The van der Waals surface area contributed by atoms with Crippen molar-refractivity contribution in [2.24, 2.45) is 0 Å². The molecule has 0 saturated carbocycles. The first kappa shape index (κ1) is 21.5. The summed E-state index contributed by atoms with van der Waals surface area (Å²) in [7, 11) is 0. The molecule has 5 heteroatoms. The second kappa shape index (κ2) is 7.47. The van der Waals surface area contributed by atoms with Crippen LogP contribution in [0.1, 0.15) is 0 Å². The van der Waals surface area contributed by atoms with Gasteiger partial charge in [0.05, 0.1) is 26.8 Å². The summed E-state index contributed by atoms with van der Waals surface area (Å²) in [4.78, 5) is 19.5. The highest BCUT2D eigenvalue weighted by Gasteiger charge is 2.24. The minimum atomic E-state index is -0.0453. The van der Waals surface area contributed by atoms with Crippen LogP contribution >= 0.6 is 11.3 Å². The summed E-state index contributed by atoms with van der Waals surface area (Å²) >= 11 is 1.80. The molecule has 0 aliphatic heterocycles. The lowest BCUT2D eigenvalue weighted by Gasteiger charge is -2.09. The number of hydrogen-bond acceptors (Lipinski definition) is 3. The second-order valence-electron chi connectivity index (χ2n) is 10.7. The Labute approximate surface area is 236 Å². The average molecular weight is 542 g/mol. The number of fused-ring (bicyclic) bond motifs is 11. The van der Waals surface area contributed by atoms with Gasteiger partial charge < -0.3 is 0 Å². The molecule has 0 unspecified atom stereocenters. The van der Waals surface area contributed by atoms with Gasteiger partial charge in [0.15, 0.2) is 0 Å². The summed E-state index contributed by atoms with van der Waals surface area (Å²) in [6.07, 6.45) is 0. The van der Waals surface area contributed by atoms with Gasteiger partial charge in [-0.1, -0.05) is 91.0 Å². The van der Waals surface area contributed by atoms with Crippen LogP contribution in [0.5, 0.6) is 0 Å². The minimum Gasteiger partial charge on any atom is -0.277 e. The third-order valence-corrected chi connectivity index (χ3v) is 9.86. The number of imidazole rings is 1. The lowest BCUT2D eigenvalue weighted by atomic mass is 10.0. The van der Waals surface area contributed by atoms with Crippen LogP contribution in [-0.4, -0.2) is 14.0 Å². The smallest absolute Gasteiger partial charge is 0.265 e. The number of thiophene rings is 1. The van der Waals surface area contributed by atoms with Gasteiger partial charge in [-0.25, -0.2) is 9.38 Å². The number of rotatable bonds is 1. The van der Waals surface area contributed by atoms with E-state index in [9.17, 15) is 4.79 Å². The molecule has 0 fully saturated rings. The zero-order valence-corrected chi connectivity index (χ0v) is 22.4. The molecule has 0 N–H and O–H groups in total. The normalized spacial score (nSPS) is 12.5. The van der Waals surface area contributed by atoms with Gasteiger partial charge in [0.25, 0.3) is 5.56 Å². The van der Waals surface area contributed by atoms with Gasteiger partial charge in [-0.05, 0) is 40.4 Å². The van der Waals surface area contributed by atoms with Crippen molar-refractivity contribution >= 4 is 91.3 Å². The van der Waals surface area contributed by atoms with Crippen LogP contribution in [0.2, 0.25) is 0 Å². The molecule has 4 aromatic heterocycles. The van der Waals surface area contributed by atoms with E-state index in [1.165, 1.54) is 41.7 Å². The first-order valence-electron chi connectivity index (χ1n) is 13.7. The standard InChI is InChI=1S/C36H19N3OS/c40-35-26-12-4-3-10-22(26)24-13-7-14-28-32(24)39(35)36(37-28)38-29-19-16-20-8-1-2-9-21(20)31(29)27-18-17-25-23-11-5-6-15-30(23)41-34(25)33(27)38/h1-19H. The SMILES string of the molecule is O=c1c2ccccc2c2cccc3nc(-n4c5ccc6ccccc6c5c5ccc6c7ccccc7sc6c54)n1c32. The van der Waals surface area contributed by atoms with Crippen molar-refractivity contribution in [3.63, 3.8) is 0 Å². The van der Waals surface area contributed by atoms with Gasteiger partial charge in [-0.15, -0.1) is 11.3 Å². The fourth-order valence-corrected chi connectivity index (χ4v) is 8.20. The van der Waals surface area contributed by atoms with Crippen LogP contribution in [0.15, 0.2) is 120 Å². The van der Waals surface area contributed by atoms with E-state index in [1.54, 1.807) is 11.3 Å². The molecular formula is C36H19N3OS. The molecule has 0 aliphatic carbocycles. The molecule has 190 valence electrons. The van der Waals surface area contributed by atoms with Crippen molar-refractivity contribution in [2.45, 2.75) is 0 Å². The summed E-state index contributed by atoms with van der Waals surface area (Å²) in [5.74, 6) is 0.632. The predicted octanol–water partition coefficient (Wildman–Crippen LogP) is 9.06. The summed E-state index contributed by atoms with van der Waals surface area (Å²) in [6, 6.07) is 40.0. The third-order valence-electron chi connectivity index (χ3n) is 8.67. The molecule has 0 amide bonds. The maximum atomic E-state index is 14.3. The molecule has 0 atom stereocenters. The molecule has 0 aliphatic rings. The number of hydrogen-bond donors (Lipinski definition) is 0. The van der Waals surface area contributed by atoms with Crippen molar-refractivity contribution in [1.82, 2.24) is 14.0 Å². The third kappa shape index (κ3) is 2.60. The summed E-state index contributed by atoms with van der Waals surface area (Å²) in [5.41, 5.74) is 3.78. The topological polar surface area (TPSA) is 39.3 Å². The molecule has 4 nitrogen and oxygen atoms in total. The van der Waals surface area contributed by atoms with Crippen LogP contribution in [0.4, 0.5) is 0 Å². The van der Waals surface area contributed by atoms with Gasteiger partial charge in [-0.2, -0.15) is 0 Å². The number of pyridine rings is 1. The lowest BCUT2D eigenvalue weighted by molar-refractivity contribution is 0.972. The van der Waals surface area contributed by atoms with Crippen molar-refractivity contribution < 1.29 is 0 Å². The van der Waals surface area contributed by atoms with Crippen molar-refractivity contribution in [3.05, 3.63) is 126 Å². The molecule has 4 heterocycles. The second-order valence-corrected chi connectivity index (χ2v) is 11.8. The number of nitrogens with zero attached hydrogens (tertiary/aromatic N) is 3. The fourth-order valence-electron chi connectivity index (χ4n) is 6.95.